The van der Waals surface area contributed by atoms with Crippen LogP contribution in [0, 0.1) is 17.2 Å². The third-order valence-electron chi connectivity index (χ3n) is 3.95. The van der Waals surface area contributed by atoms with Crippen LogP contribution in [0.3, 0.4) is 0 Å². The number of benzene rings is 1. The minimum atomic E-state index is -0.130. The molecule has 1 aromatic carbocycles. The molecule has 1 amide bonds. The van der Waals surface area contributed by atoms with Crippen LogP contribution in [0.2, 0.25) is 0 Å². The van der Waals surface area contributed by atoms with Gasteiger partial charge < -0.3 is 10.1 Å². The summed E-state index contributed by atoms with van der Waals surface area (Å²) in [4.78, 5) is 11.7. The summed E-state index contributed by atoms with van der Waals surface area (Å²) in [6.07, 6.45) is 7.67. The van der Waals surface area contributed by atoms with Gasteiger partial charge in [0.15, 0.2) is 6.61 Å². The zero-order valence-corrected chi connectivity index (χ0v) is 12.3. The van der Waals surface area contributed by atoms with E-state index in [-0.39, 0.29) is 12.5 Å². The van der Waals surface area contributed by atoms with Crippen molar-refractivity contribution in [3.05, 3.63) is 29.8 Å². The molecule has 1 fully saturated rings. The Kier molecular flexibility index (Phi) is 6.08. The van der Waals surface area contributed by atoms with E-state index in [1.54, 1.807) is 24.3 Å². The molecule has 112 valence electrons. The van der Waals surface area contributed by atoms with Crippen LogP contribution < -0.4 is 10.1 Å². The molecule has 0 radical (unpaired) electrons. The van der Waals surface area contributed by atoms with Crippen molar-refractivity contribution in [2.24, 2.45) is 5.92 Å². The number of nitriles is 1. The maximum atomic E-state index is 11.7. The van der Waals surface area contributed by atoms with E-state index in [0.29, 0.717) is 17.9 Å². The van der Waals surface area contributed by atoms with E-state index in [1.807, 2.05) is 6.07 Å². The van der Waals surface area contributed by atoms with Gasteiger partial charge in [0, 0.05) is 6.54 Å². The molecule has 1 N–H and O–H groups in total. The summed E-state index contributed by atoms with van der Waals surface area (Å²) in [5.41, 5.74) is 0.450. The van der Waals surface area contributed by atoms with E-state index in [2.05, 4.69) is 5.32 Å². The first kappa shape index (κ1) is 15.4. The van der Waals surface area contributed by atoms with E-state index in [9.17, 15) is 4.79 Å². The highest BCUT2D eigenvalue weighted by atomic mass is 16.5. The molecule has 0 bridgehead atoms. The van der Waals surface area contributed by atoms with Crippen molar-refractivity contribution in [2.75, 3.05) is 13.2 Å². The third kappa shape index (κ3) is 5.11. The third-order valence-corrected chi connectivity index (χ3v) is 3.95. The first-order valence-electron chi connectivity index (χ1n) is 7.68. The monoisotopic (exact) mass is 286 g/mol. The Bertz CT molecular complexity index is 502. The number of ether oxygens (including phenoxy) is 1. The van der Waals surface area contributed by atoms with Gasteiger partial charge in [-0.3, -0.25) is 4.79 Å². The molecular formula is C17H22N2O2. The van der Waals surface area contributed by atoms with Crippen LogP contribution in [0.5, 0.6) is 5.75 Å². The molecule has 1 aliphatic carbocycles. The second kappa shape index (κ2) is 8.31. The maximum absolute atomic E-state index is 11.7. The smallest absolute Gasteiger partial charge is 0.257 e. The van der Waals surface area contributed by atoms with Crippen LogP contribution in [-0.4, -0.2) is 19.1 Å². The Morgan fingerprint density at radius 3 is 2.86 bits per heavy atom. The first-order valence-corrected chi connectivity index (χ1v) is 7.68. The van der Waals surface area contributed by atoms with Gasteiger partial charge in [0.2, 0.25) is 0 Å². The fraction of sp³-hybridized carbons (Fsp3) is 0.529. The molecule has 0 aliphatic heterocycles. The Labute approximate surface area is 126 Å². The van der Waals surface area contributed by atoms with E-state index in [1.165, 1.54) is 32.1 Å². The van der Waals surface area contributed by atoms with E-state index >= 15 is 0 Å². The van der Waals surface area contributed by atoms with Crippen molar-refractivity contribution >= 4 is 5.91 Å². The van der Waals surface area contributed by atoms with Gasteiger partial charge in [0.1, 0.15) is 11.8 Å². The molecule has 0 heterocycles. The van der Waals surface area contributed by atoms with Crippen LogP contribution in [0.25, 0.3) is 0 Å². The molecule has 0 saturated heterocycles. The standard InChI is InChI=1S/C17H22N2O2/c18-12-15-9-3-4-10-16(15)21-13-17(20)19-11-5-8-14-6-1-2-7-14/h3-4,9-10,14H,1-2,5-8,11,13H2,(H,19,20). The first-order chi connectivity index (χ1) is 10.3. The van der Waals surface area contributed by atoms with Gasteiger partial charge in [-0.05, 0) is 30.9 Å². The Morgan fingerprint density at radius 2 is 2.10 bits per heavy atom. The molecular weight excluding hydrogens is 264 g/mol. The van der Waals surface area contributed by atoms with Gasteiger partial charge in [-0.25, -0.2) is 0 Å². The number of carbonyl (C=O) groups excluding carboxylic acids is 1. The van der Waals surface area contributed by atoms with E-state index in [0.717, 1.165) is 12.3 Å². The van der Waals surface area contributed by atoms with Gasteiger partial charge in [-0.1, -0.05) is 37.8 Å². The Morgan fingerprint density at radius 1 is 1.33 bits per heavy atom. The van der Waals surface area contributed by atoms with Gasteiger partial charge >= 0.3 is 0 Å². The van der Waals surface area contributed by atoms with Crippen LogP contribution in [0.4, 0.5) is 0 Å². The van der Waals surface area contributed by atoms with E-state index in [4.69, 9.17) is 10.00 Å². The number of nitrogens with zero attached hydrogens (tertiary/aromatic N) is 1. The second-order valence-corrected chi connectivity index (χ2v) is 5.54. The molecule has 0 unspecified atom stereocenters. The fourth-order valence-corrected chi connectivity index (χ4v) is 2.80. The molecule has 1 aliphatic rings. The SMILES string of the molecule is N#Cc1ccccc1OCC(=O)NCCCC1CCCC1. The minimum absolute atomic E-state index is 0.0396. The zero-order valence-electron chi connectivity index (χ0n) is 12.3. The highest BCUT2D eigenvalue weighted by molar-refractivity contribution is 5.77. The summed E-state index contributed by atoms with van der Waals surface area (Å²) in [5.74, 6) is 1.19. The van der Waals surface area contributed by atoms with Crippen LogP contribution in [-0.2, 0) is 4.79 Å². The van der Waals surface area contributed by atoms with Crippen molar-refractivity contribution in [1.29, 1.82) is 5.26 Å². The van der Waals surface area contributed by atoms with Crippen molar-refractivity contribution < 1.29 is 9.53 Å². The van der Waals surface area contributed by atoms with Crippen molar-refractivity contribution in [2.45, 2.75) is 38.5 Å². The highest BCUT2D eigenvalue weighted by Gasteiger charge is 2.14. The number of hydrogen-bond donors (Lipinski definition) is 1. The topological polar surface area (TPSA) is 62.1 Å². The predicted octanol–water partition coefficient (Wildman–Crippen LogP) is 3.02. The summed E-state index contributed by atoms with van der Waals surface area (Å²) in [6.45, 7) is 0.667. The molecule has 0 atom stereocenters. The number of para-hydroxylation sites is 1. The summed E-state index contributed by atoms with van der Waals surface area (Å²) < 4.78 is 5.39. The molecule has 2 rings (SSSR count). The van der Waals surface area contributed by atoms with Gasteiger partial charge in [0.05, 0.1) is 5.56 Å². The number of carbonyl (C=O) groups is 1. The number of amides is 1. The van der Waals surface area contributed by atoms with Crippen LogP contribution in [0.15, 0.2) is 24.3 Å². The molecule has 1 aromatic rings. The molecule has 4 heteroatoms. The lowest BCUT2D eigenvalue weighted by molar-refractivity contribution is -0.123. The zero-order chi connectivity index (χ0) is 14.9. The van der Waals surface area contributed by atoms with Gasteiger partial charge in [-0.2, -0.15) is 5.26 Å². The van der Waals surface area contributed by atoms with Crippen LogP contribution >= 0.6 is 0 Å². The Balaban J connectivity index is 1.62. The average molecular weight is 286 g/mol. The summed E-state index contributed by atoms with van der Waals surface area (Å²) in [5, 5.41) is 11.8. The summed E-state index contributed by atoms with van der Waals surface area (Å²) >= 11 is 0. The minimum Gasteiger partial charge on any atom is -0.482 e. The highest BCUT2D eigenvalue weighted by Crippen LogP contribution is 2.28. The second-order valence-electron chi connectivity index (χ2n) is 5.54. The molecule has 0 spiro atoms. The number of rotatable bonds is 7. The van der Waals surface area contributed by atoms with Crippen molar-refractivity contribution in [1.82, 2.24) is 5.32 Å². The molecule has 4 nitrogen and oxygen atoms in total. The quantitative estimate of drug-likeness (QED) is 0.784. The van der Waals surface area contributed by atoms with E-state index < -0.39 is 0 Å². The lowest BCUT2D eigenvalue weighted by Gasteiger charge is -2.10. The lowest BCUT2D eigenvalue weighted by atomic mass is 10.0. The Hall–Kier alpha value is -2.02. The largest absolute Gasteiger partial charge is 0.482 e. The lowest BCUT2D eigenvalue weighted by Crippen LogP contribution is -2.30. The van der Waals surface area contributed by atoms with Crippen LogP contribution in [0.1, 0.15) is 44.1 Å². The molecule has 21 heavy (non-hydrogen) atoms. The number of nitrogens with one attached hydrogen (secondary N) is 1. The summed E-state index contributed by atoms with van der Waals surface area (Å²) in [7, 11) is 0. The molecule has 0 aromatic heterocycles. The fourth-order valence-electron chi connectivity index (χ4n) is 2.80. The predicted molar refractivity (Wildman–Crippen MR) is 80.9 cm³/mol. The van der Waals surface area contributed by atoms with Gasteiger partial charge in [0.25, 0.3) is 5.91 Å². The normalized spacial score (nSPS) is 14.6. The van der Waals surface area contributed by atoms with Gasteiger partial charge in [-0.15, -0.1) is 0 Å². The maximum Gasteiger partial charge on any atom is 0.257 e. The van der Waals surface area contributed by atoms with Crippen molar-refractivity contribution in [3.63, 3.8) is 0 Å². The summed E-state index contributed by atoms with van der Waals surface area (Å²) in [6, 6.07) is 8.98. The van der Waals surface area contributed by atoms with Crippen molar-refractivity contribution in [3.8, 4) is 11.8 Å². The molecule has 1 saturated carbocycles. The number of hydrogen-bond acceptors (Lipinski definition) is 3. The average Bonchev–Trinajstić information content (AvgIpc) is 3.03.